The van der Waals surface area contributed by atoms with Crippen molar-refractivity contribution in [2.75, 3.05) is 19.0 Å². The molecule has 0 aromatic heterocycles. The van der Waals surface area contributed by atoms with Gasteiger partial charge in [-0.25, -0.2) is 17.9 Å². The van der Waals surface area contributed by atoms with Crippen molar-refractivity contribution >= 4 is 45.2 Å². The first-order valence-corrected chi connectivity index (χ1v) is 9.78. The number of aliphatic hydroxyl groups excluding tert-OH is 2. The van der Waals surface area contributed by atoms with Gasteiger partial charge in [0.2, 0.25) is 0 Å². The largest absolute Gasteiger partial charge is 0.760 e. The SMILES string of the molecule is COc1cc(F)c(F)c(Nc2ccc(I)cc2F)c1C(O)[C@H](O)CNS(=O)[O-]. The Morgan fingerprint density at radius 1 is 1.25 bits per heavy atom. The van der Waals surface area contributed by atoms with Crippen LogP contribution in [-0.4, -0.2) is 38.7 Å². The van der Waals surface area contributed by atoms with Crippen molar-refractivity contribution in [3.05, 3.63) is 50.9 Å². The molecule has 0 fully saturated rings. The van der Waals surface area contributed by atoms with Crippen LogP contribution in [0.5, 0.6) is 5.75 Å². The molecule has 0 heterocycles. The van der Waals surface area contributed by atoms with Crippen LogP contribution in [0.4, 0.5) is 24.5 Å². The third kappa shape index (κ3) is 5.33. The van der Waals surface area contributed by atoms with E-state index < -0.39 is 58.7 Å². The molecule has 2 rings (SSSR count). The average molecular weight is 531 g/mol. The summed E-state index contributed by atoms with van der Waals surface area (Å²) >= 11 is -0.854. The molecule has 4 N–H and O–H groups in total. The summed E-state index contributed by atoms with van der Waals surface area (Å²) in [6, 6.07) is 4.59. The topological polar surface area (TPSA) is 114 Å². The Kier molecular flexibility index (Phi) is 8.03. The molecular weight excluding hydrogens is 516 g/mol. The van der Waals surface area contributed by atoms with Gasteiger partial charge in [-0.15, -0.1) is 0 Å². The van der Waals surface area contributed by atoms with Crippen molar-refractivity contribution in [2.45, 2.75) is 12.2 Å². The zero-order valence-electron chi connectivity index (χ0n) is 14.2. The van der Waals surface area contributed by atoms with Crippen molar-refractivity contribution in [1.29, 1.82) is 0 Å². The number of hydrogen-bond donors (Lipinski definition) is 4. The summed E-state index contributed by atoms with van der Waals surface area (Å²) in [6.45, 7) is -0.614. The molecule has 2 unspecified atom stereocenters. The Morgan fingerprint density at radius 2 is 1.93 bits per heavy atom. The van der Waals surface area contributed by atoms with E-state index in [1.54, 1.807) is 0 Å². The van der Waals surface area contributed by atoms with E-state index in [0.29, 0.717) is 9.64 Å². The summed E-state index contributed by atoms with van der Waals surface area (Å²) in [7, 11) is 1.12. The van der Waals surface area contributed by atoms with Gasteiger partial charge in [0.25, 0.3) is 0 Å². The minimum atomic E-state index is -2.72. The van der Waals surface area contributed by atoms with Gasteiger partial charge >= 0.3 is 0 Å². The maximum absolute atomic E-state index is 14.5. The lowest BCUT2D eigenvalue weighted by atomic mass is 10.00. The maximum atomic E-state index is 14.5. The van der Waals surface area contributed by atoms with Crippen LogP contribution in [-0.2, 0) is 11.3 Å². The van der Waals surface area contributed by atoms with Crippen molar-refractivity contribution in [1.82, 2.24) is 4.72 Å². The minimum absolute atomic E-state index is 0.214. The van der Waals surface area contributed by atoms with Gasteiger partial charge in [-0.1, -0.05) is 0 Å². The molecule has 0 radical (unpaired) electrons. The fourth-order valence-corrected chi connectivity index (χ4v) is 3.14. The van der Waals surface area contributed by atoms with E-state index >= 15 is 0 Å². The lowest BCUT2D eigenvalue weighted by Crippen LogP contribution is -2.33. The van der Waals surface area contributed by atoms with Gasteiger partial charge in [0.15, 0.2) is 11.6 Å². The van der Waals surface area contributed by atoms with E-state index in [-0.39, 0.29) is 11.4 Å². The van der Waals surface area contributed by atoms with E-state index in [9.17, 15) is 32.1 Å². The maximum Gasteiger partial charge on any atom is 0.182 e. The summed E-state index contributed by atoms with van der Waals surface area (Å²) in [5, 5.41) is 22.8. The Hall–Kier alpha value is -1.45. The number of ether oxygens (including phenoxy) is 1. The molecule has 0 amide bonds. The van der Waals surface area contributed by atoms with E-state index in [0.717, 1.165) is 13.2 Å². The first kappa shape index (κ1) is 22.8. The minimum Gasteiger partial charge on any atom is -0.760 e. The number of halogens is 4. The van der Waals surface area contributed by atoms with Crippen LogP contribution < -0.4 is 14.8 Å². The van der Waals surface area contributed by atoms with Gasteiger partial charge < -0.3 is 24.8 Å². The molecule has 2 aromatic carbocycles. The highest BCUT2D eigenvalue weighted by Crippen LogP contribution is 2.39. The molecule has 28 heavy (non-hydrogen) atoms. The highest BCUT2D eigenvalue weighted by molar-refractivity contribution is 14.1. The van der Waals surface area contributed by atoms with Gasteiger partial charge in [-0.3, -0.25) is 4.21 Å². The van der Waals surface area contributed by atoms with Crippen molar-refractivity contribution in [3.63, 3.8) is 0 Å². The van der Waals surface area contributed by atoms with Crippen LogP contribution in [0.1, 0.15) is 11.7 Å². The van der Waals surface area contributed by atoms with E-state index in [4.69, 9.17) is 4.74 Å². The third-order valence-electron chi connectivity index (χ3n) is 3.70. The zero-order valence-corrected chi connectivity index (χ0v) is 17.2. The second-order valence-electron chi connectivity index (χ2n) is 5.51. The van der Waals surface area contributed by atoms with Crippen LogP contribution in [0.15, 0.2) is 24.3 Å². The highest BCUT2D eigenvalue weighted by atomic mass is 127. The first-order chi connectivity index (χ1) is 13.1. The molecule has 3 atom stereocenters. The molecule has 0 aliphatic carbocycles. The summed E-state index contributed by atoms with van der Waals surface area (Å²) in [6.07, 6.45) is -3.63. The number of nitrogens with one attached hydrogen (secondary N) is 2. The number of aliphatic hydroxyl groups is 2. The summed E-state index contributed by atoms with van der Waals surface area (Å²) in [4.78, 5) is 0. The van der Waals surface area contributed by atoms with Crippen LogP contribution >= 0.6 is 22.6 Å². The number of benzene rings is 2. The lowest BCUT2D eigenvalue weighted by molar-refractivity contribution is 0.0210. The zero-order chi connectivity index (χ0) is 21.0. The standard InChI is InChI=1S/C16H16F3IN2O5S/c1-27-12-5-9(18)14(19)15(22-10-3-2-7(20)4-8(10)17)13(12)16(24)11(23)6-21-28(25)26/h2-5,11,16,21-24H,6H2,1H3,(H,25,26)/p-1/t11-,16?/m1/s1. The highest BCUT2D eigenvalue weighted by Gasteiger charge is 2.29. The molecule has 0 saturated heterocycles. The van der Waals surface area contributed by atoms with Gasteiger partial charge in [0, 0.05) is 27.4 Å². The molecular formula is C16H15F3IN2O5S-. The van der Waals surface area contributed by atoms with Gasteiger partial charge in [0.1, 0.15) is 17.7 Å². The molecule has 0 aliphatic rings. The normalized spacial score (nSPS) is 14.4. The van der Waals surface area contributed by atoms with Crippen molar-refractivity contribution in [2.24, 2.45) is 0 Å². The number of rotatable bonds is 8. The quantitative estimate of drug-likeness (QED) is 0.307. The van der Waals surface area contributed by atoms with Crippen LogP contribution in [0.2, 0.25) is 0 Å². The van der Waals surface area contributed by atoms with Gasteiger partial charge in [0.05, 0.1) is 30.2 Å². The first-order valence-electron chi connectivity index (χ1n) is 7.62. The monoisotopic (exact) mass is 531 g/mol. The lowest BCUT2D eigenvalue weighted by Gasteiger charge is -2.24. The predicted molar refractivity (Wildman–Crippen MR) is 103 cm³/mol. The molecule has 0 spiro atoms. The van der Waals surface area contributed by atoms with Crippen molar-refractivity contribution < 1.29 is 36.9 Å². The summed E-state index contributed by atoms with van der Waals surface area (Å²) < 4.78 is 71.1. The summed E-state index contributed by atoms with van der Waals surface area (Å²) in [5.74, 6) is -3.88. The van der Waals surface area contributed by atoms with E-state index in [1.807, 2.05) is 27.3 Å². The van der Waals surface area contributed by atoms with Crippen LogP contribution in [0.25, 0.3) is 0 Å². The fourth-order valence-electron chi connectivity index (χ4n) is 2.38. The fraction of sp³-hybridized carbons (Fsp3) is 0.250. The second kappa shape index (κ2) is 9.84. The Bertz CT molecular complexity index is 890. The molecule has 7 nitrogen and oxygen atoms in total. The predicted octanol–water partition coefficient (Wildman–Crippen LogP) is 2.24. The molecule has 154 valence electrons. The molecule has 12 heteroatoms. The van der Waals surface area contributed by atoms with Crippen LogP contribution in [0.3, 0.4) is 0 Å². The van der Waals surface area contributed by atoms with Crippen molar-refractivity contribution in [3.8, 4) is 5.75 Å². The molecule has 0 bridgehead atoms. The Morgan fingerprint density at radius 3 is 2.50 bits per heavy atom. The average Bonchev–Trinajstić information content (AvgIpc) is 2.64. The Labute approximate surface area is 174 Å². The Balaban J connectivity index is 2.53. The van der Waals surface area contributed by atoms with E-state index in [2.05, 4.69) is 5.32 Å². The molecule has 0 saturated carbocycles. The van der Waals surface area contributed by atoms with Crippen LogP contribution in [0, 0.1) is 21.0 Å². The number of anilines is 2. The third-order valence-corrected chi connectivity index (χ3v) is 4.78. The second-order valence-corrected chi connectivity index (χ2v) is 7.51. The van der Waals surface area contributed by atoms with Gasteiger partial charge in [-0.05, 0) is 40.8 Å². The number of methoxy groups -OCH3 is 1. The molecule has 0 aliphatic heterocycles. The number of hydrogen-bond acceptors (Lipinski definition) is 6. The molecule has 2 aromatic rings. The van der Waals surface area contributed by atoms with E-state index in [1.165, 1.54) is 12.1 Å². The van der Waals surface area contributed by atoms with Gasteiger partial charge in [-0.2, -0.15) is 0 Å². The summed E-state index contributed by atoms with van der Waals surface area (Å²) in [5.41, 5.74) is -1.29. The smallest absolute Gasteiger partial charge is 0.182 e.